The largest absolute Gasteiger partial charge is 0.330 e. The van der Waals surface area contributed by atoms with Crippen LogP contribution in [0, 0.1) is 0 Å². The Labute approximate surface area is 165 Å². The van der Waals surface area contributed by atoms with E-state index in [9.17, 15) is 9.59 Å². The lowest BCUT2D eigenvalue weighted by Crippen LogP contribution is -2.10. The first kappa shape index (κ1) is 18.9. The van der Waals surface area contributed by atoms with Gasteiger partial charge in [0, 0.05) is 41.7 Å². The van der Waals surface area contributed by atoms with Crippen LogP contribution in [-0.2, 0) is 4.79 Å². The monoisotopic (exact) mass is 398 g/mol. The molecule has 0 saturated heterocycles. The van der Waals surface area contributed by atoms with Crippen LogP contribution < -0.4 is 15.4 Å². The molecule has 0 atom stereocenters. The molecule has 0 aliphatic rings. The van der Waals surface area contributed by atoms with Crippen LogP contribution in [0.2, 0.25) is 0 Å². The number of amides is 2. The molecule has 2 amide bonds. The summed E-state index contributed by atoms with van der Waals surface area (Å²) in [5.74, 6) is -0.360. The van der Waals surface area contributed by atoms with Gasteiger partial charge in [-0.25, -0.2) is 0 Å². The molecule has 1 aromatic carbocycles. The highest BCUT2D eigenvalue weighted by Gasteiger charge is 2.14. The molecule has 0 spiro atoms. The topological polar surface area (TPSA) is 83.1 Å². The Morgan fingerprint density at radius 1 is 1.07 bits per heavy atom. The van der Waals surface area contributed by atoms with Crippen LogP contribution in [0.25, 0.3) is 11.3 Å². The zero-order valence-corrected chi connectivity index (χ0v) is 16.4. The summed E-state index contributed by atoms with van der Waals surface area (Å²) in [5.41, 5.74) is 3.67. The number of carbonyl (C=O) groups is 2. The summed E-state index contributed by atoms with van der Waals surface area (Å²) < 4.78 is 3.13. The van der Waals surface area contributed by atoms with E-state index in [0.29, 0.717) is 21.9 Å². The van der Waals surface area contributed by atoms with E-state index in [-0.39, 0.29) is 11.8 Å². The Morgan fingerprint density at radius 2 is 1.89 bits per heavy atom. The second-order valence-electron chi connectivity index (χ2n) is 5.62. The van der Waals surface area contributed by atoms with Crippen molar-refractivity contribution in [2.75, 3.05) is 21.6 Å². The average Bonchev–Trinajstić information content (AvgIpc) is 3.12. The summed E-state index contributed by atoms with van der Waals surface area (Å²) in [6.45, 7) is 1.45. The van der Waals surface area contributed by atoms with E-state index < -0.39 is 0 Å². The van der Waals surface area contributed by atoms with Crippen LogP contribution in [0.5, 0.6) is 0 Å². The number of carbonyl (C=O) groups excluding carboxylic acids is 2. The van der Waals surface area contributed by atoms with Crippen molar-refractivity contribution in [3.05, 3.63) is 58.9 Å². The number of anilines is 3. The first-order chi connectivity index (χ1) is 13.1. The summed E-state index contributed by atoms with van der Waals surface area (Å²) in [5, 5.41) is 7.52. The number of nitrogens with one attached hydrogen (secondary N) is 3. The molecule has 0 radical (unpaired) electrons. The van der Waals surface area contributed by atoms with E-state index in [1.165, 1.54) is 30.2 Å². The fourth-order valence-electron chi connectivity index (χ4n) is 2.48. The Hall–Kier alpha value is -2.84. The third-order valence-electron chi connectivity index (χ3n) is 3.56. The van der Waals surface area contributed by atoms with Crippen molar-refractivity contribution in [1.29, 1.82) is 0 Å². The van der Waals surface area contributed by atoms with Gasteiger partial charge in [0.25, 0.3) is 5.91 Å². The number of nitrogens with zero attached hydrogens (tertiary/aromatic N) is 1. The molecular weight excluding hydrogens is 380 g/mol. The van der Waals surface area contributed by atoms with E-state index in [4.69, 9.17) is 0 Å². The third-order valence-corrected chi connectivity index (χ3v) is 4.92. The highest BCUT2D eigenvalue weighted by atomic mass is 32.2. The fraction of sp³-hybridized carbons (Fsp3) is 0.105. The quantitative estimate of drug-likeness (QED) is 0.524. The maximum Gasteiger partial charge on any atom is 0.265 e. The van der Waals surface area contributed by atoms with E-state index in [2.05, 4.69) is 20.3 Å². The maximum absolute atomic E-state index is 12.6. The van der Waals surface area contributed by atoms with Gasteiger partial charge in [-0.05, 0) is 36.4 Å². The molecule has 2 aromatic heterocycles. The molecule has 3 aromatic rings. The van der Waals surface area contributed by atoms with Gasteiger partial charge in [-0.15, -0.1) is 11.3 Å². The van der Waals surface area contributed by atoms with Crippen LogP contribution in [0.4, 0.5) is 17.1 Å². The molecule has 27 heavy (non-hydrogen) atoms. The number of thiophene rings is 1. The van der Waals surface area contributed by atoms with Gasteiger partial charge >= 0.3 is 0 Å². The van der Waals surface area contributed by atoms with Crippen molar-refractivity contribution < 1.29 is 9.59 Å². The zero-order valence-electron chi connectivity index (χ0n) is 14.8. The van der Waals surface area contributed by atoms with Crippen molar-refractivity contribution in [3.63, 3.8) is 0 Å². The van der Waals surface area contributed by atoms with Crippen molar-refractivity contribution in [2.24, 2.45) is 0 Å². The van der Waals surface area contributed by atoms with Gasteiger partial charge in [-0.2, -0.15) is 0 Å². The second kappa shape index (κ2) is 8.70. The molecule has 2 heterocycles. The van der Waals surface area contributed by atoms with E-state index in [1.807, 2.05) is 35.9 Å². The molecule has 0 aliphatic carbocycles. The summed E-state index contributed by atoms with van der Waals surface area (Å²) in [6, 6.07) is 12.8. The minimum atomic E-state index is -0.190. The number of aromatic nitrogens is 1. The average molecular weight is 399 g/mol. The van der Waals surface area contributed by atoms with Crippen molar-refractivity contribution in [1.82, 2.24) is 4.98 Å². The van der Waals surface area contributed by atoms with Crippen molar-refractivity contribution in [2.45, 2.75) is 6.92 Å². The molecule has 138 valence electrons. The van der Waals surface area contributed by atoms with Crippen molar-refractivity contribution >= 4 is 52.2 Å². The molecule has 3 rings (SSSR count). The number of hydrogen-bond acceptors (Lipinski definition) is 6. The number of hydrogen-bond donors (Lipinski definition) is 3. The minimum Gasteiger partial charge on any atom is -0.330 e. The summed E-state index contributed by atoms with van der Waals surface area (Å²) in [7, 11) is 0. The second-order valence-corrected chi connectivity index (χ2v) is 7.15. The van der Waals surface area contributed by atoms with Crippen LogP contribution in [-0.4, -0.2) is 23.1 Å². The summed E-state index contributed by atoms with van der Waals surface area (Å²) in [6.07, 6.45) is 3.59. The number of rotatable bonds is 6. The number of benzene rings is 1. The van der Waals surface area contributed by atoms with Crippen LogP contribution in [0.3, 0.4) is 0 Å². The fourth-order valence-corrected chi connectivity index (χ4v) is 3.63. The predicted octanol–water partition coefficient (Wildman–Crippen LogP) is 4.71. The Balaban J connectivity index is 1.79. The van der Waals surface area contributed by atoms with Gasteiger partial charge in [-0.1, -0.05) is 18.0 Å². The maximum atomic E-state index is 12.6. The van der Waals surface area contributed by atoms with Gasteiger partial charge in [0.15, 0.2) is 0 Å². The first-order valence-corrected chi connectivity index (χ1v) is 10.2. The lowest BCUT2D eigenvalue weighted by atomic mass is 10.1. The molecule has 6 nitrogen and oxygen atoms in total. The lowest BCUT2D eigenvalue weighted by molar-refractivity contribution is -0.114. The van der Waals surface area contributed by atoms with Crippen LogP contribution in [0.1, 0.15) is 16.6 Å². The first-order valence-electron chi connectivity index (χ1n) is 8.08. The van der Waals surface area contributed by atoms with E-state index in [1.54, 1.807) is 24.4 Å². The van der Waals surface area contributed by atoms with Gasteiger partial charge in [0.2, 0.25) is 5.91 Å². The smallest absolute Gasteiger partial charge is 0.265 e. The molecule has 0 bridgehead atoms. The van der Waals surface area contributed by atoms with Gasteiger partial charge in [-0.3, -0.25) is 14.6 Å². The SMILES string of the molecule is CSNc1cccc(NC(=O)c2cc(-c3ncccc3NC(C)=O)cs2)c1. The summed E-state index contributed by atoms with van der Waals surface area (Å²) >= 11 is 2.82. The molecule has 0 fully saturated rings. The molecule has 0 unspecified atom stereocenters. The predicted molar refractivity (Wildman–Crippen MR) is 113 cm³/mol. The Kier molecular flexibility index (Phi) is 6.10. The lowest BCUT2D eigenvalue weighted by Gasteiger charge is -2.07. The van der Waals surface area contributed by atoms with Crippen molar-refractivity contribution in [3.8, 4) is 11.3 Å². The molecular formula is C19H18N4O2S2. The van der Waals surface area contributed by atoms with Gasteiger partial charge in [0.05, 0.1) is 16.3 Å². The van der Waals surface area contributed by atoms with Crippen LogP contribution >= 0.6 is 23.3 Å². The van der Waals surface area contributed by atoms with E-state index in [0.717, 1.165) is 11.3 Å². The van der Waals surface area contributed by atoms with Gasteiger partial charge < -0.3 is 15.4 Å². The standard InChI is InChI=1S/C19H18N4O2S2/c1-12(24)21-16-7-4-8-20-18(16)13-9-17(27-11-13)19(25)22-14-5-3-6-15(10-14)23-26-2/h3-11,23H,1-2H3,(H,21,24)(H,22,25). The Morgan fingerprint density at radius 3 is 2.67 bits per heavy atom. The Bertz CT molecular complexity index is 972. The normalized spacial score (nSPS) is 10.3. The molecule has 3 N–H and O–H groups in total. The molecule has 8 heteroatoms. The molecule has 0 saturated carbocycles. The summed E-state index contributed by atoms with van der Waals surface area (Å²) in [4.78, 5) is 28.9. The highest BCUT2D eigenvalue weighted by molar-refractivity contribution is 7.99. The zero-order chi connectivity index (χ0) is 19.2. The highest BCUT2D eigenvalue weighted by Crippen LogP contribution is 2.30. The van der Waals surface area contributed by atoms with Crippen LogP contribution in [0.15, 0.2) is 54.0 Å². The molecule has 0 aliphatic heterocycles. The minimum absolute atomic E-state index is 0.170. The number of pyridine rings is 1. The van der Waals surface area contributed by atoms with Gasteiger partial charge in [0.1, 0.15) is 0 Å². The third kappa shape index (κ3) is 4.87. The van der Waals surface area contributed by atoms with E-state index >= 15 is 0 Å².